The molecule has 0 aliphatic carbocycles. The minimum Gasteiger partial charge on any atom is -0.454 e. The molecule has 1 saturated heterocycles. The summed E-state index contributed by atoms with van der Waals surface area (Å²) in [7, 11) is -3.49. The van der Waals surface area contributed by atoms with Gasteiger partial charge in [0.15, 0.2) is 11.5 Å². The molecule has 2 aromatic rings. The van der Waals surface area contributed by atoms with Gasteiger partial charge in [-0.25, -0.2) is 8.42 Å². The average molecular weight is 410 g/mol. The highest BCUT2D eigenvalue weighted by Crippen LogP contribution is 2.38. The second-order valence-electron chi connectivity index (χ2n) is 5.89. The molecule has 2 heterocycles. The van der Waals surface area contributed by atoms with E-state index in [2.05, 4.69) is 15.9 Å². The minimum atomic E-state index is -3.49. The third-order valence-electron chi connectivity index (χ3n) is 4.47. The molecule has 2 aliphatic heterocycles. The molecule has 7 heteroatoms. The quantitative estimate of drug-likeness (QED) is 0.779. The Morgan fingerprint density at radius 2 is 1.88 bits per heavy atom. The van der Waals surface area contributed by atoms with Crippen molar-refractivity contribution < 1.29 is 17.9 Å². The molecule has 0 bridgehead atoms. The van der Waals surface area contributed by atoms with E-state index >= 15 is 0 Å². The van der Waals surface area contributed by atoms with Gasteiger partial charge in [-0.3, -0.25) is 0 Å². The second-order valence-corrected chi connectivity index (χ2v) is 8.65. The molecule has 0 saturated carbocycles. The molecule has 2 aromatic carbocycles. The number of sulfonamides is 1. The Morgan fingerprint density at radius 3 is 2.71 bits per heavy atom. The number of ether oxygens (including phenoxy) is 2. The maximum Gasteiger partial charge on any atom is 0.244 e. The first-order chi connectivity index (χ1) is 11.6. The van der Waals surface area contributed by atoms with Gasteiger partial charge in [-0.1, -0.05) is 18.2 Å². The van der Waals surface area contributed by atoms with Crippen LogP contribution in [0.25, 0.3) is 0 Å². The number of nitrogens with zero attached hydrogens (tertiary/aromatic N) is 1. The van der Waals surface area contributed by atoms with Crippen molar-refractivity contribution in [3.63, 3.8) is 0 Å². The fourth-order valence-corrected chi connectivity index (χ4v) is 5.64. The Kier molecular flexibility index (Phi) is 4.02. The summed E-state index contributed by atoms with van der Waals surface area (Å²) in [5.74, 6) is 1.64. The van der Waals surface area contributed by atoms with Gasteiger partial charge in [-0.2, -0.15) is 4.31 Å². The summed E-state index contributed by atoms with van der Waals surface area (Å²) in [6.45, 7) is 1.23. The Balaban J connectivity index is 1.57. The molecule has 0 N–H and O–H groups in total. The molecular formula is C17H16BrNO4S. The SMILES string of the molecule is O=S(=O)(c1ccccc1Br)N1CCC(c2ccc3c(c2)OCO3)C1. The number of halogens is 1. The summed E-state index contributed by atoms with van der Waals surface area (Å²) in [4.78, 5) is 0.316. The van der Waals surface area contributed by atoms with Crippen molar-refractivity contribution in [2.24, 2.45) is 0 Å². The van der Waals surface area contributed by atoms with E-state index in [0.717, 1.165) is 23.5 Å². The van der Waals surface area contributed by atoms with Crippen LogP contribution in [0.3, 0.4) is 0 Å². The van der Waals surface area contributed by atoms with E-state index in [0.29, 0.717) is 22.5 Å². The lowest BCUT2D eigenvalue weighted by Crippen LogP contribution is -2.28. The summed E-state index contributed by atoms with van der Waals surface area (Å²) in [6, 6.07) is 12.8. The molecule has 0 spiro atoms. The third-order valence-corrected chi connectivity index (χ3v) is 7.35. The predicted molar refractivity (Wildman–Crippen MR) is 92.8 cm³/mol. The molecule has 126 valence electrons. The normalized spacial score (nSPS) is 20.5. The first-order valence-electron chi connectivity index (χ1n) is 7.70. The van der Waals surface area contributed by atoms with Crippen LogP contribution in [0.5, 0.6) is 11.5 Å². The maximum atomic E-state index is 12.9. The van der Waals surface area contributed by atoms with Gasteiger partial charge < -0.3 is 9.47 Å². The van der Waals surface area contributed by atoms with Gasteiger partial charge in [0.2, 0.25) is 16.8 Å². The van der Waals surface area contributed by atoms with Crippen LogP contribution in [0.1, 0.15) is 17.9 Å². The molecule has 2 aliphatic rings. The summed E-state index contributed by atoms with van der Waals surface area (Å²) in [5, 5.41) is 0. The van der Waals surface area contributed by atoms with E-state index in [9.17, 15) is 8.42 Å². The summed E-state index contributed by atoms with van der Waals surface area (Å²) in [6.07, 6.45) is 0.795. The lowest BCUT2D eigenvalue weighted by molar-refractivity contribution is 0.174. The summed E-state index contributed by atoms with van der Waals surface area (Å²) < 4.78 is 38.6. The standard InChI is InChI=1S/C17H16BrNO4S/c18-14-3-1-2-4-17(14)24(20,21)19-8-7-13(10-19)12-5-6-15-16(9-12)23-11-22-15/h1-6,9,13H,7-8,10-11H2. The van der Waals surface area contributed by atoms with Crippen LogP contribution in [-0.2, 0) is 10.0 Å². The van der Waals surface area contributed by atoms with Gasteiger partial charge in [-0.15, -0.1) is 0 Å². The van der Waals surface area contributed by atoms with Crippen molar-refractivity contribution in [2.75, 3.05) is 19.9 Å². The molecular weight excluding hydrogens is 394 g/mol. The Labute approximate surface area is 149 Å². The number of hydrogen-bond donors (Lipinski definition) is 0. The van der Waals surface area contributed by atoms with Gasteiger partial charge in [-0.05, 0) is 58.1 Å². The predicted octanol–water partition coefficient (Wildman–Crippen LogP) is 3.36. The van der Waals surface area contributed by atoms with Crippen LogP contribution < -0.4 is 9.47 Å². The molecule has 24 heavy (non-hydrogen) atoms. The zero-order chi connectivity index (χ0) is 16.7. The average Bonchev–Trinajstić information content (AvgIpc) is 3.24. The topological polar surface area (TPSA) is 55.8 Å². The first-order valence-corrected chi connectivity index (χ1v) is 9.93. The highest BCUT2D eigenvalue weighted by atomic mass is 79.9. The van der Waals surface area contributed by atoms with Crippen LogP contribution >= 0.6 is 15.9 Å². The second kappa shape index (κ2) is 6.06. The number of rotatable bonds is 3. The van der Waals surface area contributed by atoms with Gasteiger partial charge in [0, 0.05) is 17.6 Å². The molecule has 4 rings (SSSR count). The van der Waals surface area contributed by atoms with Crippen molar-refractivity contribution in [2.45, 2.75) is 17.2 Å². The van der Waals surface area contributed by atoms with Crippen molar-refractivity contribution in [3.05, 3.63) is 52.5 Å². The van der Waals surface area contributed by atoms with Gasteiger partial charge >= 0.3 is 0 Å². The van der Waals surface area contributed by atoms with Crippen LogP contribution in [-0.4, -0.2) is 32.6 Å². The molecule has 1 unspecified atom stereocenters. The van der Waals surface area contributed by atoms with Gasteiger partial charge in [0.05, 0.1) is 4.90 Å². The Hall–Kier alpha value is -1.57. The molecule has 5 nitrogen and oxygen atoms in total. The van der Waals surface area contributed by atoms with Gasteiger partial charge in [0.1, 0.15) is 0 Å². The monoisotopic (exact) mass is 409 g/mol. The van der Waals surface area contributed by atoms with Crippen molar-refractivity contribution in [1.29, 1.82) is 0 Å². The first kappa shape index (κ1) is 15.9. The van der Waals surface area contributed by atoms with Crippen molar-refractivity contribution >= 4 is 26.0 Å². The van der Waals surface area contributed by atoms with Crippen molar-refractivity contribution in [1.82, 2.24) is 4.31 Å². The zero-order valence-corrected chi connectivity index (χ0v) is 15.2. The fraction of sp³-hybridized carbons (Fsp3) is 0.294. The summed E-state index contributed by atoms with van der Waals surface area (Å²) in [5.41, 5.74) is 1.09. The van der Waals surface area contributed by atoms with E-state index in [1.807, 2.05) is 24.3 Å². The van der Waals surface area contributed by atoms with Crippen LogP contribution in [0.15, 0.2) is 51.8 Å². The summed E-state index contributed by atoms with van der Waals surface area (Å²) >= 11 is 3.34. The van der Waals surface area contributed by atoms with Crippen LogP contribution in [0, 0.1) is 0 Å². The van der Waals surface area contributed by atoms with E-state index in [4.69, 9.17) is 9.47 Å². The van der Waals surface area contributed by atoms with Crippen LogP contribution in [0.2, 0.25) is 0 Å². The minimum absolute atomic E-state index is 0.164. The lowest BCUT2D eigenvalue weighted by Gasteiger charge is -2.17. The largest absolute Gasteiger partial charge is 0.454 e. The number of hydrogen-bond acceptors (Lipinski definition) is 4. The Morgan fingerprint density at radius 1 is 1.08 bits per heavy atom. The molecule has 1 atom stereocenters. The molecule has 1 fully saturated rings. The fourth-order valence-electron chi connectivity index (χ4n) is 3.18. The lowest BCUT2D eigenvalue weighted by atomic mass is 9.98. The van der Waals surface area contributed by atoms with E-state index in [1.54, 1.807) is 22.5 Å². The van der Waals surface area contributed by atoms with Gasteiger partial charge in [0.25, 0.3) is 0 Å². The highest BCUT2D eigenvalue weighted by Gasteiger charge is 2.34. The zero-order valence-electron chi connectivity index (χ0n) is 12.8. The number of benzene rings is 2. The van der Waals surface area contributed by atoms with E-state index < -0.39 is 10.0 Å². The number of fused-ring (bicyclic) bond motifs is 1. The molecule has 0 aromatic heterocycles. The molecule has 0 radical (unpaired) electrons. The highest BCUT2D eigenvalue weighted by molar-refractivity contribution is 9.10. The van der Waals surface area contributed by atoms with Crippen LogP contribution in [0.4, 0.5) is 0 Å². The van der Waals surface area contributed by atoms with Crippen molar-refractivity contribution in [3.8, 4) is 11.5 Å². The van der Waals surface area contributed by atoms with E-state index in [1.165, 1.54) is 0 Å². The van der Waals surface area contributed by atoms with E-state index in [-0.39, 0.29) is 12.7 Å². The maximum absolute atomic E-state index is 12.9. The Bertz CT molecular complexity index is 884. The smallest absolute Gasteiger partial charge is 0.244 e. The third kappa shape index (κ3) is 2.70. The molecule has 0 amide bonds.